The Labute approximate surface area is 108 Å². The van der Waals surface area contributed by atoms with Crippen molar-refractivity contribution < 1.29 is 4.79 Å². The van der Waals surface area contributed by atoms with Crippen molar-refractivity contribution in [2.45, 2.75) is 6.92 Å². The van der Waals surface area contributed by atoms with Gasteiger partial charge in [0.05, 0.1) is 0 Å². The number of carbonyl (C=O) groups excluding carboxylic acids is 1. The minimum Gasteiger partial charge on any atom is -0.327 e. The molecule has 1 aromatic carbocycles. The third kappa shape index (κ3) is 2.65. The highest BCUT2D eigenvalue weighted by atomic mass is 35.5. The molecular formula is C12H11ClN2OS. The van der Waals surface area contributed by atoms with E-state index >= 15 is 0 Å². The molecule has 0 aliphatic heterocycles. The van der Waals surface area contributed by atoms with Crippen molar-refractivity contribution in [1.82, 2.24) is 4.57 Å². The molecule has 3 nitrogen and oxygen atoms in total. The van der Waals surface area contributed by atoms with Crippen molar-refractivity contribution in [2.75, 3.05) is 0 Å². The van der Waals surface area contributed by atoms with E-state index in [4.69, 9.17) is 11.6 Å². The number of aromatic nitrogens is 1. The summed E-state index contributed by atoms with van der Waals surface area (Å²) in [7, 11) is 1.85. The van der Waals surface area contributed by atoms with Crippen LogP contribution in [0, 0.1) is 6.92 Å². The second-order valence-electron chi connectivity index (χ2n) is 3.68. The Balaban J connectivity index is 2.39. The molecule has 0 bridgehead atoms. The summed E-state index contributed by atoms with van der Waals surface area (Å²) >= 11 is 7.40. The molecule has 0 N–H and O–H groups in total. The number of thiazole rings is 1. The van der Waals surface area contributed by atoms with E-state index in [1.54, 1.807) is 16.7 Å². The summed E-state index contributed by atoms with van der Waals surface area (Å²) in [5.41, 5.74) is 1.46. The predicted octanol–water partition coefficient (Wildman–Crippen LogP) is 2.79. The van der Waals surface area contributed by atoms with E-state index in [1.807, 2.05) is 31.6 Å². The van der Waals surface area contributed by atoms with Crippen molar-refractivity contribution in [1.29, 1.82) is 0 Å². The lowest BCUT2D eigenvalue weighted by molar-refractivity contribution is 0.0998. The highest BCUT2D eigenvalue weighted by molar-refractivity contribution is 7.07. The lowest BCUT2D eigenvalue weighted by Gasteiger charge is -1.99. The Bertz CT molecular complexity index is 627. The largest absolute Gasteiger partial charge is 0.327 e. The molecule has 17 heavy (non-hydrogen) atoms. The first-order valence-electron chi connectivity index (χ1n) is 5.03. The molecule has 0 radical (unpaired) electrons. The molecule has 0 aliphatic rings. The lowest BCUT2D eigenvalue weighted by atomic mass is 10.1. The van der Waals surface area contributed by atoms with Crippen LogP contribution in [0.25, 0.3) is 0 Å². The van der Waals surface area contributed by atoms with Gasteiger partial charge in [-0.25, -0.2) is 0 Å². The van der Waals surface area contributed by atoms with E-state index in [0.717, 1.165) is 5.56 Å². The molecule has 0 unspecified atom stereocenters. The maximum absolute atomic E-state index is 11.9. The minimum absolute atomic E-state index is 0.273. The summed E-state index contributed by atoms with van der Waals surface area (Å²) in [6, 6.07) is 5.20. The molecule has 0 atom stereocenters. The summed E-state index contributed by atoms with van der Waals surface area (Å²) < 4.78 is 1.80. The molecule has 2 aromatic rings. The number of aryl methyl sites for hydroxylation is 2. The number of carbonyl (C=O) groups is 1. The quantitative estimate of drug-likeness (QED) is 0.782. The van der Waals surface area contributed by atoms with E-state index in [9.17, 15) is 4.79 Å². The second-order valence-corrected chi connectivity index (χ2v) is 4.96. The first-order chi connectivity index (χ1) is 8.08. The zero-order valence-electron chi connectivity index (χ0n) is 9.48. The lowest BCUT2D eigenvalue weighted by Crippen LogP contribution is -2.12. The van der Waals surface area contributed by atoms with E-state index in [-0.39, 0.29) is 5.91 Å². The van der Waals surface area contributed by atoms with Gasteiger partial charge >= 0.3 is 0 Å². The fraction of sp³-hybridized carbons (Fsp3) is 0.167. The van der Waals surface area contributed by atoms with Crippen LogP contribution in [0.15, 0.2) is 34.8 Å². The Morgan fingerprint density at radius 1 is 1.47 bits per heavy atom. The topological polar surface area (TPSA) is 34.4 Å². The number of rotatable bonds is 1. The smallest absolute Gasteiger partial charge is 0.279 e. The monoisotopic (exact) mass is 266 g/mol. The minimum atomic E-state index is -0.273. The van der Waals surface area contributed by atoms with Crippen LogP contribution >= 0.6 is 22.9 Å². The number of benzene rings is 1. The maximum atomic E-state index is 11.9. The van der Waals surface area contributed by atoms with Crippen LogP contribution in [0.4, 0.5) is 0 Å². The van der Waals surface area contributed by atoms with Gasteiger partial charge in [-0.3, -0.25) is 4.79 Å². The van der Waals surface area contributed by atoms with E-state index in [0.29, 0.717) is 15.4 Å². The van der Waals surface area contributed by atoms with Crippen LogP contribution < -0.4 is 4.80 Å². The highest BCUT2D eigenvalue weighted by Crippen LogP contribution is 2.17. The van der Waals surface area contributed by atoms with Crippen LogP contribution in [0.1, 0.15) is 15.9 Å². The van der Waals surface area contributed by atoms with E-state index < -0.39 is 0 Å². The van der Waals surface area contributed by atoms with Gasteiger partial charge in [-0.15, -0.1) is 11.3 Å². The highest BCUT2D eigenvalue weighted by Gasteiger charge is 2.06. The zero-order valence-corrected chi connectivity index (χ0v) is 11.0. The van der Waals surface area contributed by atoms with Gasteiger partial charge in [0.2, 0.25) is 0 Å². The van der Waals surface area contributed by atoms with Gasteiger partial charge in [-0.1, -0.05) is 17.7 Å². The van der Waals surface area contributed by atoms with Crippen LogP contribution in [0.3, 0.4) is 0 Å². The standard InChI is InChI=1S/C12H11ClN2OS/c1-8-3-4-9(7-10(8)13)11(16)14-12-15(2)5-6-17-12/h3-7H,1-2H3. The van der Waals surface area contributed by atoms with Gasteiger partial charge in [0.1, 0.15) is 0 Å². The maximum Gasteiger partial charge on any atom is 0.279 e. The van der Waals surface area contributed by atoms with Gasteiger partial charge in [0.25, 0.3) is 5.91 Å². The van der Waals surface area contributed by atoms with Crippen LogP contribution in [0.5, 0.6) is 0 Å². The van der Waals surface area contributed by atoms with Crippen molar-refractivity contribution >= 4 is 28.8 Å². The average molecular weight is 267 g/mol. The van der Waals surface area contributed by atoms with E-state index in [1.165, 1.54) is 11.3 Å². The molecule has 88 valence electrons. The molecule has 1 heterocycles. The Hall–Kier alpha value is -1.39. The number of hydrogen-bond donors (Lipinski definition) is 0. The van der Waals surface area contributed by atoms with Crippen molar-refractivity contribution in [3.8, 4) is 0 Å². The number of amides is 1. The normalized spacial score (nSPS) is 11.8. The Morgan fingerprint density at radius 3 is 2.82 bits per heavy atom. The fourth-order valence-corrected chi connectivity index (χ4v) is 2.22. The fourth-order valence-electron chi connectivity index (χ4n) is 1.31. The van der Waals surface area contributed by atoms with Crippen LogP contribution in [-0.4, -0.2) is 10.5 Å². The number of nitrogens with zero attached hydrogens (tertiary/aromatic N) is 2. The number of halogens is 1. The summed E-state index contributed by atoms with van der Waals surface area (Å²) in [5, 5.41) is 2.47. The Kier molecular flexibility index (Phi) is 3.45. The van der Waals surface area contributed by atoms with Gasteiger partial charge in [0, 0.05) is 29.2 Å². The van der Waals surface area contributed by atoms with Gasteiger partial charge < -0.3 is 4.57 Å². The molecule has 5 heteroatoms. The van der Waals surface area contributed by atoms with Gasteiger partial charge in [-0.2, -0.15) is 4.99 Å². The van der Waals surface area contributed by atoms with Crippen LogP contribution in [0.2, 0.25) is 5.02 Å². The van der Waals surface area contributed by atoms with E-state index in [2.05, 4.69) is 4.99 Å². The zero-order chi connectivity index (χ0) is 12.4. The molecule has 1 amide bonds. The summed E-state index contributed by atoms with van der Waals surface area (Å²) in [6.45, 7) is 1.90. The average Bonchev–Trinajstić information content (AvgIpc) is 2.68. The molecule has 0 saturated heterocycles. The first-order valence-corrected chi connectivity index (χ1v) is 6.29. The molecule has 0 fully saturated rings. The van der Waals surface area contributed by atoms with Gasteiger partial charge in [-0.05, 0) is 24.6 Å². The first kappa shape index (κ1) is 12.1. The summed E-state index contributed by atoms with van der Waals surface area (Å²) in [5.74, 6) is -0.273. The number of hydrogen-bond acceptors (Lipinski definition) is 2. The van der Waals surface area contributed by atoms with Crippen molar-refractivity contribution in [2.24, 2.45) is 12.0 Å². The SMILES string of the molecule is Cc1ccc(C(=O)N=c2sccn2C)cc1Cl. The molecular weight excluding hydrogens is 256 g/mol. The summed E-state index contributed by atoms with van der Waals surface area (Å²) in [4.78, 5) is 16.6. The molecule has 0 aliphatic carbocycles. The third-order valence-electron chi connectivity index (χ3n) is 2.38. The second kappa shape index (κ2) is 4.85. The molecule has 0 saturated carbocycles. The molecule has 0 spiro atoms. The Morgan fingerprint density at radius 2 is 2.24 bits per heavy atom. The van der Waals surface area contributed by atoms with Crippen LogP contribution in [-0.2, 0) is 7.05 Å². The summed E-state index contributed by atoms with van der Waals surface area (Å²) in [6.07, 6.45) is 1.86. The van der Waals surface area contributed by atoms with Crippen molar-refractivity contribution in [3.63, 3.8) is 0 Å². The third-order valence-corrected chi connectivity index (χ3v) is 3.63. The molecule has 1 aromatic heterocycles. The predicted molar refractivity (Wildman–Crippen MR) is 69.4 cm³/mol. The van der Waals surface area contributed by atoms with Crippen molar-refractivity contribution in [3.05, 3.63) is 50.7 Å². The van der Waals surface area contributed by atoms with Gasteiger partial charge in [0.15, 0.2) is 4.80 Å². The molecule has 2 rings (SSSR count).